The highest BCUT2D eigenvalue weighted by Gasteiger charge is 2.14. The molecule has 140 valence electrons. The minimum atomic E-state index is -0.349. The molecular weight excluding hydrogens is 416 g/mol. The number of rotatable bonds is 6. The lowest BCUT2D eigenvalue weighted by Crippen LogP contribution is -2.34. The van der Waals surface area contributed by atoms with Gasteiger partial charge in [0.25, 0.3) is 11.8 Å². The predicted molar refractivity (Wildman–Crippen MR) is 114 cm³/mol. The lowest BCUT2D eigenvalue weighted by atomic mass is 10.1. The highest BCUT2D eigenvalue weighted by atomic mass is 79.9. The van der Waals surface area contributed by atoms with Crippen LogP contribution in [0.1, 0.15) is 21.5 Å². The Kier molecular flexibility index (Phi) is 6.76. The van der Waals surface area contributed by atoms with Gasteiger partial charge in [-0.3, -0.25) is 9.59 Å². The van der Waals surface area contributed by atoms with Gasteiger partial charge >= 0.3 is 0 Å². The zero-order valence-corrected chi connectivity index (χ0v) is 16.6. The Balaban J connectivity index is 1.78. The predicted octanol–water partition coefficient (Wildman–Crippen LogP) is 4.54. The van der Waals surface area contributed by atoms with Crippen molar-refractivity contribution in [2.75, 3.05) is 0 Å². The first kappa shape index (κ1) is 19.6. The number of halogens is 1. The first-order valence-electron chi connectivity index (χ1n) is 8.77. The summed E-state index contributed by atoms with van der Waals surface area (Å²) < 4.78 is 0.879. The van der Waals surface area contributed by atoms with Gasteiger partial charge in [0.1, 0.15) is 5.70 Å². The van der Waals surface area contributed by atoms with Crippen LogP contribution >= 0.6 is 15.9 Å². The van der Waals surface area contributed by atoms with E-state index in [0.717, 1.165) is 15.6 Å². The third kappa shape index (κ3) is 5.66. The second-order valence-corrected chi connectivity index (χ2v) is 7.01. The number of nitrogens with one attached hydrogen (secondary N) is 2. The zero-order valence-electron chi connectivity index (χ0n) is 15.1. The van der Waals surface area contributed by atoms with E-state index in [4.69, 9.17) is 0 Å². The van der Waals surface area contributed by atoms with E-state index in [1.54, 1.807) is 30.3 Å². The normalized spacial score (nSPS) is 11.0. The largest absolute Gasteiger partial charge is 0.347 e. The fourth-order valence-electron chi connectivity index (χ4n) is 2.54. The van der Waals surface area contributed by atoms with Crippen molar-refractivity contribution < 1.29 is 9.59 Å². The van der Waals surface area contributed by atoms with Crippen LogP contribution < -0.4 is 10.6 Å². The molecule has 0 heterocycles. The minimum absolute atomic E-state index is 0.190. The topological polar surface area (TPSA) is 58.2 Å². The van der Waals surface area contributed by atoms with Crippen LogP contribution in [0.2, 0.25) is 0 Å². The Bertz CT molecular complexity index is 969. The molecule has 28 heavy (non-hydrogen) atoms. The first-order chi connectivity index (χ1) is 13.6. The van der Waals surface area contributed by atoms with Gasteiger partial charge in [-0.2, -0.15) is 0 Å². The molecule has 0 saturated carbocycles. The maximum absolute atomic E-state index is 12.7. The monoisotopic (exact) mass is 434 g/mol. The number of carbonyl (C=O) groups is 2. The van der Waals surface area contributed by atoms with Crippen LogP contribution in [0.3, 0.4) is 0 Å². The molecule has 3 aromatic carbocycles. The van der Waals surface area contributed by atoms with Crippen molar-refractivity contribution >= 4 is 33.8 Å². The molecule has 2 N–H and O–H groups in total. The van der Waals surface area contributed by atoms with Crippen molar-refractivity contribution in [3.63, 3.8) is 0 Å². The number of hydrogen-bond donors (Lipinski definition) is 2. The summed E-state index contributed by atoms with van der Waals surface area (Å²) in [5.74, 6) is -0.692. The Labute approximate surface area is 172 Å². The van der Waals surface area contributed by atoms with Gasteiger partial charge in [0.05, 0.1) is 0 Å². The Hall–Kier alpha value is -3.18. The Morgan fingerprint density at radius 3 is 2.07 bits per heavy atom. The summed E-state index contributed by atoms with van der Waals surface area (Å²) in [5.41, 5.74) is 2.46. The van der Waals surface area contributed by atoms with E-state index >= 15 is 0 Å². The summed E-state index contributed by atoms with van der Waals surface area (Å²) in [5, 5.41) is 5.59. The van der Waals surface area contributed by atoms with Crippen LogP contribution in [0.25, 0.3) is 6.08 Å². The zero-order chi connectivity index (χ0) is 19.8. The van der Waals surface area contributed by atoms with Crippen molar-refractivity contribution in [1.29, 1.82) is 0 Å². The standard InChI is InChI=1S/C23H19BrN2O2/c24-20-13-11-19(12-14-20)22(27)26-21(15-17-7-3-1-4-8-17)23(28)25-16-18-9-5-2-6-10-18/h1-15H,16H2,(H,25,28)(H,26,27). The summed E-state index contributed by atoms with van der Waals surface area (Å²) in [4.78, 5) is 25.3. The van der Waals surface area contributed by atoms with Crippen LogP contribution in [0.15, 0.2) is 95.1 Å². The third-order valence-corrected chi connectivity index (χ3v) is 4.53. The molecule has 3 rings (SSSR count). The number of hydrogen-bond acceptors (Lipinski definition) is 2. The second kappa shape index (κ2) is 9.67. The lowest BCUT2D eigenvalue weighted by Gasteiger charge is -2.11. The van der Waals surface area contributed by atoms with Crippen LogP contribution in [0.5, 0.6) is 0 Å². The van der Waals surface area contributed by atoms with E-state index in [9.17, 15) is 9.59 Å². The van der Waals surface area contributed by atoms with Gasteiger partial charge in [0.2, 0.25) is 0 Å². The average molecular weight is 435 g/mol. The fraction of sp³-hybridized carbons (Fsp3) is 0.0435. The molecule has 0 aliphatic carbocycles. The first-order valence-corrected chi connectivity index (χ1v) is 9.57. The van der Waals surface area contributed by atoms with Gasteiger partial charge in [-0.15, -0.1) is 0 Å². The van der Waals surface area contributed by atoms with E-state index in [2.05, 4.69) is 26.6 Å². The van der Waals surface area contributed by atoms with Gasteiger partial charge in [-0.05, 0) is 41.5 Å². The highest BCUT2D eigenvalue weighted by molar-refractivity contribution is 9.10. The van der Waals surface area contributed by atoms with Crippen LogP contribution in [-0.2, 0) is 11.3 Å². The van der Waals surface area contributed by atoms with Crippen molar-refractivity contribution in [2.45, 2.75) is 6.54 Å². The van der Waals surface area contributed by atoms with Gasteiger partial charge < -0.3 is 10.6 Å². The fourth-order valence-corrected chi connectivity index (χ4v) is 2.81. The Morgan fingerprint density at radius 2 is 1.43 bits per heavy atom. The average Bonchev–Trinajstić information content (AvgIpc) is 2.73. The molecular formula is C23H19BrN2O2. The van der Waals surface area contributed by atoms with E-state index < -0.39 is 0 Å². The van der Waals surface area contributed by atoms with Crippen LogP contribution in [0.4, 0.5) is 0 Å². The number of carbonyl (C=O) groups excluding carboxylic acids is 2. The second-order valence-electron chi connectivity index (χ2n) is 6.10. The SMILES string of the molecule is O=C(NCc1ccccc1)C(=Cc1ccccc1)NC(=O)c1ccc(Br)cc1. The smallest absolute Gasteiger partial charge is 0.268 e. The molecule has 0 saturated heterocycles. The molecule has 0 unspecified atom stereocenters. The summed E-state index contributed by atoms with van der Waals surface area (Å²) in [6.07, 6.45) is 1.66. The van der Waals surface area contributed by atoms with Gasteiger partial charge in [0, 0.05) is 16.6 Å². The quantitative estimate of drug-likeness (QED) is 0.559. The van der Waals surface area contributed by atoms with E-state index in [0.29, 0.717) is 12.1 Å². The van der Waals surface area contributed by atoms with E-state index in [1.807, 2.05) is 60.7 Å². The van der Waals surface area contributed by atoms with Crippen molar-refractivity contribution in [3.8, 4) is 0 Å². The van der Waals surface area contributed by atoms with E-state index in [1.165, 1.54) is 0 Å². The van der Waals surface area contributed by atoms with Crippen molar-refractivity contribution in [2.24, 2.45) is 0 Å². The maximum atomic E-state index is 12.7. The van der Waals surface area contributed by atoms with Gasteiger partial charge in [-0.25, -0.2) is 0 Å². The molecule has 2 amide bonds. The summed E-state index contributed by atoms with van der Waals surface area (Å²) in [6.45, 7) is 0.375. The molecule has 0 aliphatic rings. The molecule has 0 atom stereocenters. The molecule has 5 heteroatoms. The summed E-state index contributed by atoms with van der Waals surface area (Å²) in [7, 11) is 0. The van der Waals surface area contributed by atoms with Crippen molar-refractivity contribution in [1.82, 2.24) is 10.6 Å². The molecule has 0 radical (unpaired) electrons. The van der Waals surface area contributed by atoms with Gasteiger partial charge in [0.15, 0.2) is 0 Å². The van der Waals surface area contributed by atoms with Crippen molar-refractivity contribution in [3.05, 3.63) is 112 Å². The van der Waals surface area contributed by atoms with Gasteiger partial charge in [-0.1, -0.05) is 76.6 Å². The maximum Gasteiger partial charge on any atom is 0.268 e. The molecule has 0 fully saturated rings. The molecule has 0 spiro atoms. The highest BCUT2D eigenvalue weighted by Crippen LogP contribution is 2.12. The number of amides is 2. The molecule has 3 aromatic rings. The molecule has 0 aliphatic heterocycles. The molecule has 0 bridgehead atoms. The third-order valence-electron chi connectivity index (χ3n) is 4.01. The Morgan fingerprint density at radius 1 is 0.821 bits per heavy atom. The van der Waals surface area contributed by atoms with Crippen LogP contribution in [0, 0.1) is 0 Å². The van der Waals surface area contributed by atoms with E-state index in [-0.39, 0.29) is 17.5 Å². The minimum Gasteiger partial charge on any atom is -0.347 e. The van der Waals surface area contributed by atoms with Crippen LogP contribution in [-0.4, -0.2) is 11.8 Å². The lowest BCUT2D eigenvalue weighted by molar-refractivity contribution is -0.117. The number of benzene rings is 3. The summed E-state index contributed by atoms with van der Waals surface area (Å²) >= 11 is 3.35. The summed E-state index contributed by atoms with van der Waals surface area (Å²) in [6, 6.07) is 26.0. The molecule has 4 nitrogen and oxygen atoms in total. The molecule has 0 aromatic heterocycles.